The summed E-state index contributed by atoms with van der Waals surface area (Å²) in [5, 5.41) is 0. The lowest BCUT2D eigenvalue weighted by Gasteiger charge is -2.17. The molecule has 3 heteroatoms. The van der Waals surface area contributed by atoms with Crippen LogP contribution in [0.3, 0.4) is 0 Å². The normalized spacial score (nSPS) is 12.3. The van der Waals surface area contributed by atoms with Crippen molar-refractivity contribution >= 4 is 5.78 Å². The van der Waals surface area contributed by atoms with Crippen molar-refractivity contribution in [3.05, 3.63) is 24.3 Å². The van der Waals surface area contributed by atoms with Crippen LogP contribution in [-0.2, 0) is 4.79 Å². The van der Waals surface area contributed by atoms with Crippen molar-refractivity contribution in [1.82, 2.24) is 0 Å². The molecule has 1 aromatic rings. The minimum Gasteiger partial charge on any atom is -0.497 e. The lowest BCUT2D eigenvalue weighted by molar-refractivity contribution is -0.122. The Morgan fingerprint density at radius 3 is 2.17 bits per heavy atom. The maximum absolute atomic E-state index is 11.4. The summed E-state index contributed by atoms with van der Waals surface area (Å²) in [6.07, 6.45) is 0.763. The van der Waals surface area contributed by atoms with Gasteiger partial charge in [0.2, 0.25) is 0 Å². The summed E-state index contributed by atoms with van der Waals surface area (Å²) in [6, 6.07) is 7.47. The summed E-state index contributed by atoms with van der Waals surface area (Å²) in [6.45, 7) is 6.35. The van der Waals surface area contributed by atoms with E-state index in [1.165, 1.54) is 0 Å². The van der Waals surface area contributed by atoms with Gasteiger partial charge < -0.3 is 9.47 Å². The maximum Gasteiger partial charge on any atom is 0.133 e. The molecule has 1 rings (SSSR count). The van der Waals surface area contributed by atoms with E-state index in [4.69, 9.17) is 9.47 Å². The first kappa shape index (κ1) is 14.6. The summed E-state index contributed by atoms with van der Waals surface area (Å²) in [5.74, 6) is 2.31. The second-order valence-electron chi connectivity index (χ2n) is 4.77. The van der Waals surface area contributed by atoms with E-state index in [-0.39, 0.29) is 11.7 Å². The number of ether oxygens (including phenoxy) is 2. The molecule has 0 radical (unpaired) electrons. The Morgan fingerprint density at radius 2 is 1.72 bits per heavy atom. The van der Waals surface area contributed by atoms with E-state index < -0.39 is 0 Å². The maximum atomic E-state index is 11.4. The predicted octanol–water partition coefficient (Wildman–Crippen LogP) is 3.33. The highest BCUT2D eigenvalue weighted by atomic mass is 16.5. The van der Waals surface area contributed by atoms with Gasteiger partial charge in [0.05, 0.1) is 13.7 Å². The average molecular weight is 250 g/mol. The number of carbonyl (C=O) groups excluding carboxylic acids is 1. The van der Waals surface area contributed by atoms with Crippen LogP contribution in [0, 0.1) is 11.8 Å². The zero-order valence-electron chi connectivity index (χ0n) is 11.6. The molecular formula is C15H22O3. The van der Waals surface area contributed by atoms with Gasteiger partial charge in [-0.05, 0) is 43.5 Å². The zero-order chi connectivity index (χ0) is 13.5. The van der Waals surface area contributed by atoms with Gasteiger partial charge in [-0.25, -0.2) is 0 Å². The van der Waals surface area contributed by atoms with Crippen molar-refractivity contribution in [1.29, 1.82) is 0 Å². The Kier molecular flexibility index (Phi) is 5.69. The van der Waals surface area contributed by atoms with Crippen LogP contribution in [0.25, 0.3) is 0 Å². The molecular weight excluding hydrogens is 228 g/mol. The van der Waals surface area contributed by atoms with Gasteiger partial charge in [0.15, 0.2) is 0 Å². The number of benzene rings is 1. The third-order valence-corrected chi connectivity index (χ3v) is 3.08. The smallest absolute Gasteiger partial charge is 0.133 e. The second kappa shape index (κ2) is 7.04. The van der Waals surface area contributed by atoms with E-state index in [0.29, 0.717) is 12.5 Å². The van der Waals surface area contributed by atoms with E-state index >= 15 is 0 Å². The number of Topliss-reactive ketones (excluding diaryl/α,β-unsaturated/α-hetero) is 1. The standard InChI is InChI=1S/C15H22O3/c1-11(2)15(12(3)16)9-10-18-14-7-5-13(17-4)6-8-14/h5-8,11,15H,9-10H2,1-4H3. The van der Waals surface area contributed by atoms with Gasteiger partial charge in [0, 0.05) is 5.92 Å². The second-order valence-corrected chi connectivity index (χ2v) is 4.77. The first-order valence-corrected chi connectivity index (χ1v) is 6.32. The topological polar surface area (TPSA) is 35.5 Å². The van der Waals surface area contributed by atoms with Gasteiger partial charge in [-0.2, -0.15) is 0 Å². The molecule has 3 nitrogen and oxygen atoms in total. The molecule has 0 heterocycles. The highest BCUT2D eigenvalue weighted by Crippen LogP contribution is 2.20. The van der Waals surface area contributed by atoms with Crippen molar-refractivity contribution in [2.75, 3.05) is 13.7 Å². The van der Waals surface area contributed by atoms with E-state index in [9.17, 15) is 4.79 Å². The summed E-state index contributed by atoms with van der Waals surface area (Å²) in [5.41, 5.74) is 0. The van der Waals surface area contributed by atoms with Crippen LogP contribution in [-0.4, -0.2) is 19.5 Å². The lowest BCUT2D eigenvalue weighted by atomic mass is 9.89. The van der Waals surface area contributed by atoms with Crippen molar-refractivity contribution in [3.8, 4) is 11.5 Å². The number of hydrogen-bond donors (Lipinski definition) is 0. The summed E-state index contributed by atoms with van der Waals surface area (Å²) in [7, 11) is 1.63. The molecule has 0 saturated carbocycles. The molecule has 0 fully saturated rings. The van der Waals surface area contributed by atoms with Crippen LogP contribution < -0.4 is 9.47 Å². The largest absolute Gasteiger partial charge is 0.497 e. The highest BCUT2D eigenvalue weighted by molar-refractivity contribution is 5.78. The zero-order valence-corrected chi connectivity index (χ0v) is 11.6. The van der Waals surface area contributed by atoms with E-state index in [1.807, 2.05) is 24.3 Å². The number of ketones is 1. The molecule has 0 N–H and O–H groups in total. The Morgan fingerprint density at radius 1 is 1.17 bits per heavy atom. The van der Waals surface area contributed by atoms with Crippen molar-refractivity contribution in [3.63, 3.8) is 0 Å². The molecule has 0 amide bonds. The fourth-order valence-electron chi connectivity index (χ4n) is 1.98. The number of methoxy groups -OCH3 is 1. The van der Waals surface area contributed by atoms with Crippen LogP contribution in [0.5, 0.6) is 11.5 Å². The monoisotopic (exact) mass is 250 g/mol. The SMILES string of the molecule is COc1ccc(OCCC(C(C)=O)C(C)C)cc1. The van der Waals surface area contributed by atoms with Gasteiger partial charge in [-0.15, -0.1) is 0 Å². The first-order chi connectivity index (χ1) is 8.54. The predicted molar refractivity (Wildman–Crippen MR) is 72.1 cm³/mol. The highest BCUT2D eigenvalue weighted by Gasteiger charge is 2.18. The number of carbonyl (C=O) groups is 1. The fourth-order valence-corrected chi connectivity index (χ4v) is 1.98. The van der Waals surface area contributed by atoms with Crippen molar-refractivity contribution in [2.45, 2.75) is 27.2 Å². The molecule has 0 bridgehead atoms. The molecule has 0 spiro atoms. The average Bonchev–Trinajstić information content (AvgIpc) is 2.34. The van der Waals surface area contributed by atoms with Gasteiger partial charge in [-0.1, -0.05) is 13.8 Å². The Bertz CT molecular complexity index is 368. The van der Waals surface area contributed by atoms with Crippen LogP contribution in [0.15, 0.2) is 24.3 Å². The molecule has 0 aliphatic carbocycles. The molecule has 1 atom stereocenters. The molecule has 1 aromatic carbocycles. The van der Waals surface area contributed by atoms with E-state index in [0.717, 1.165) is 17.9 Å². The Hall–Kier alpha value is -1.51. The number of rotatable bonds is 7. The molecule has 100 valence electrons. The molecule has 18 heavy (non-hydrogen) atoms. The Balaban J connectivity index is 2.42. The van der Waals surface area contributed by atoms with Crippen LogP contribution in [0.2, 0.25) is 0 Å². The van der Waals surface area contributed by atoms with E-state index in [2.05, 4.69) is 13.8 Å². The third-order valence-electron chi connectivity index (χ3n) is 3.08. The van der Waals surface area contributed by atoms with Crippen molar-refractivity contribution < 1.29 is 14.3 Å². The molecule has 0 saturated heterocycles. The van der Waals surface area contributed by atoms with Crippen LogP contribution >= 0.6 is 0 Å². The van der Waals surface area contributed by atoms with Crippen LogP contribution in [0.4, 0.5) is 0 Å². The van der Waals surface area contributed by atoms with Crippen LogP contribution in [0.1, 0.15) is 27.2 Å². The Labute approximate surface area is 109 Å². The number of hydrogen-bond acceptors (Lipinski definition) is 3. The minimum absolute atomic E-state index is 0.0863. The summed E-state index contributed by atoms with van der Waals surface area (Å²) < 4.78 is 10.7. The third kappa shape index (κ3) is 4.40. The van der Waals surface area contributed by atoms with E-state index in [1.54, 1.807) is 14.0 Å². The lowest BCUT2D eigenvalue weighted by Crippen LogP contribution is -2.20. The van der Waals surface area contributed by atoms with Gasteiger partial charge >= 0.3 is 0 Å². The molecule has 1 unspecified atom stereocenters. The van der Waals surface area contributed by atoms with Gasteiger partial charge in [0.25, 0.3) is 0 Å². The molecule has 0 aliphatic heterocycles. The molecule has 0 aliphatic rings. The van der Waals surface area contributed by atoms with Crippen molar-refractivity contribution in [2.24, 2.45) is 11.8 Å². The minimum atomic E-state index is 0.0863. The molecule has 0 aromatic heterocycles. The summed E-state index contributed by atoms with van der Waals surface area (Å²) >= 11 is 0. The quantitative estimate of drug-likeness (QED) is 0.744. The first-order valence-electron chi connectivity index (χ1n) is 6.32. The van der Waals surface area contributed by atoms with Gasteiger partial charge in [-0.3, -0.25) is 4.79 Å². The fraction of sp³-hybridized carbons (Fsp3) is 0.533. The van der Waals surface area contributed by atoms with Gasteiger partial charge in [0.1, 0.15) is 17.3 Å². The summed E-state index contributed by atoms with van der Waals surface area (Å²) in [4.78, 5) is 11.4.